The fourth-order valence-electron chi connectivity index (χ4n) is 2.20. The lowest BCUT2D eigenvalue weighted by Gasteiger charge is -2.25. The molecule has 0 unspecified atom stereocenters. The molecule has 0 fully saturated rings. The quantitative estimate of drug-likeness (QED) is 0.399. The van der Waals surface area contributed by atoms with Crippen LogP contribution in [0.5, 0.6) is 23.8 Å². The number of aromatic nitrogens is 3. The Labute approximate surface area is 182 Å². The van der Waals surface area contributed by atoms with E-state index in [1.807, 2.05) is 13.8 Å². The number of nitrogens with one attached hydrogen (secondary N) is 1. The zero-order valence-electron chi connectivity index (χ0n) is 18.5. The van der Waals surface area contributed by atoms with Gasteiger partial charge in [-0.2, -0.15) is 5.09 Å². The van der Waals surface area contributed by atoms with Gasteiger partial charge in [-0.05, 0) is 53.7 Å². The first-order valence-corrected chi connectivity index (χ1v) is 11.2. The lowest BCUT2D eigenvalue weighted by molar-refractivity contribution is 0.113. The molecule has 0 aliphatic carbocycles. The van der Waals surface area contributed by atoms with Gasteiger partial charge in [0.05, 0.1) is 12.1 Å². The zero-order valence-corrected chi connectivity index (χ0v) is 19.4. The standard InChI is InChI=1S/C20H29N4O6P/c1-13(2)27-15(4)14(3)24-31(26,29-16-11-9-8-10-12-16)30-19-22-17(25)21-18(23-19)28-20(5,6)7/h8-14H,4H2,1-3,5-7H3,(H,24,26)(H,21,22,23,25)/t14-,31-/m0/s1. The normalized spacial score (nSPS) is 14.4. The number of nitrogens with zero attached hydrogens (tertiary/aromatic N) is 3. The Kier molecular flexibility index (Phi) is 7.86. The van der Waals surface area contributed by atoms with E-state index in [0.29, 0.717) is 5.76 Å². The van der Waals surface area contributed by atoms with E-state index in [0.717, 1.165) is 0 Å². The highest BCUT2D eigenvalue weighted by molar-refractivity contribution is 7.52. The van der Waals surface area contributed by atoms with Gasteiger partial charge in [0.25, 0.3) is 0 Å². The van der Waals surface area contributed by atoms with E-state index in [2.05, 4.69) is 26.6 Å². The highest BCUT2D eigenvalue weighted by atomic mass is 31.2. The van der Waals surface area contributed by atoms with Crippen molar-refractivity contribution in [3.63, 3.8) is 0 Å². The molecule has 1 aromatic carbocycles. The topological polar surface area (TPSA) is 125 Å². The molecule has 0 amide bonds. The first-order valence-electron chi connectivity index (χ1n) is 9.67. The summed E-state index contributed by atoms with van der Waals surface area (Å²) in [5.74, 6) is 0.621. The first kappa shape index (κ1) is 24.4. The lowest BCUT2D eigenvalue weighted by atomic mass is 10.2. The van der Waals surface area contributed by atoms with Crippen molar-refractivity contribution < 1.29 is 28.2 Å². The average Bonchev–Trinajstić information content (AvgIpc) is 2.59. The predicted octanol–water partition coefficient (Wildman–Crippen LogP) is 4.24. The van der Waals surface area contributed by atoms with Crippen LogP contribution in [0.2, 0.25) is 0 Å². The molecule has 0 radical (unpaired) electrons. The Balaban J connectivity index is 2.32. The molecule has 31 heavy (non-hydrogen) atoms. The number of hydrogen-bond donors (Lipinski definition) is 2. The smallest absolute Gasteiger partial charge is 0.494 e. The molecule has 0 spiro atoms. The summed E-state index contributed by atoms with van der Waals surface area (Å²) in [5, 5.41) is 12.6. The molecular weight excluding hydrogens is 423 g/mol. The Morgan fingerprint density at radius 1 is 1.06 bits per heavy atom. The third-order valence-corrected chi connectivity index (χ3v) is 4.93. The van der Waals surface area contributed by atoms with Gasteiger partial charge in [0.1, 0.15) is 17.1 Å². The Morgan fingerprint density at radius 3 is 2.26 bits per heavy atom. The van der Waals surface area contributed by atoms with Gasteiger partial charge >= 0.3 is 25.8 Å². The largest absolute Gasteiger partial charge is 0.515 e. The minimum Gasteiger partial charge on any atom is -0.494 e. The minimum atomic E-state index is -4.12. The van der Waals surface area contributed by atoms with Gasteiger partial charge in [0, 0.05) is 0 Å². The molecule has 1 aromatic heterocycles. The van der Waals surface area contributed by atoms with E-state index in [4.69, 9.17) is 18.5 Å². The molecule has 170 valence electrons. The molecule has 0 saturated carbocycles. The van der Waals surface area contributed by atoms with Crippen LogP contribution in [0.25, 0.3) is 0 Å². The van der Waals surface area contributed by atoms with Crippen LogP contribution >= 0.6 is 7.75 Å². The second-order valence-electron chi connectivity index (χ2n) is 7.89. The van der Waals surface area contributed by atoms with Crippen LogP contribution < -0.4 is 18.9 Å². The van der Waals surface area contributed by atoms with E-state index in [-0.39, 0.29) is 17.9 Å². The van der Waals surface area contributed by atoms with Crippen molar-refractivity contribution >= 4 is 7.75 Å². The summed E-state index contributed by atoms with van der Waals surface area (Å²) < 4.78 is 35.8. The summed E-state index contributed by atoms with van der Waals surface area (Å²) in [6.45, 7) is 14.6. The van der Waals surface area contributed by atoms with Crippen LogP contribution in [-0.2, 0) is 9.30 Å². The van der Waals surface area contributed by atoms with E-state index < -0.39 is 31.4 Å². The fraction of sp³-hybridized carbons (Fsp3) is 0.450. The van der Waals surface area contributed by atoms with Crippen LogP contribution in [-0.4, -0.2) is 37.8 Å². The van der Waals surface area contributed by atoms with Crippen LogP contribution in [0.4, 0.5) is 0 Å². The number of para-hydroxylation sites is 1. The molecule has 11 heteroatoms. The van der Waals surface area contributed by atoms with Gasteiger partial charge in [0.2, 0.25) is 0 Å². The van der Waals surface area contributed by atoms with Crippen LogP contribution in [0.1, 0.15) is 41.5 Å². The van der Waals surface area contributed by atoms with Crippen molar-refractivity contribution in [3.05, 3.63) is 42.7 Å². The van der Waals surface area contributed by atoms with Crippen molar-refractivity contribution in [2.24, 2.45) is 0 Å². The molecule has 0 saturated heterocycles. The van der Waals surface area contributed by atoms with Crippen molar-refractivity contribution in [1.29, 1.82) is 0 Å². The van der Waals surface area contributed by atoms with Crippen molar-refractivity contribution in [1.82, 2.24) is 20.0 Å². The molecule has 2 N–H and O–H groups in total. The van der Waals surface area contributed by atoms with Crippen LogP contribution in [0.3, 0.4) is 0 Å². The third-order valence-electron chi connectivity index (χ3n) is 3.37. The summed E-state index contributed by atoms with van der Waals surface area (Å²) in [7, 11) is -4.12. The van der Waals surface area contributed by atoms with Crippen molar-refractivity contribution in [2.45, 2.75) is 59.3 Å². The van der Waals surface area contributed by atoms with Crippen molar-refractivity contribution in [3.8, 4) is 23.8 Å². The molecular formula is C20H29N4O6P. The summed E-state index contributed by atoms with van der Waals surface area (Å²) in [5.41, 5.74) is -0.645. The molecule has 2 rings (SSSR count). The van der Waals surface area contributed by atoms with Gasteiger partial charge in [-0.1, -0.05) is 24.8 Å². The summed E-state index contributed by atoms with van der Waals surface area (Å²) in [6, 6.07) is 6.54. The highest BCUT2D eigenvalue weighted by Gasteiger charge is 2.34. The van der Waals surface area contributed by atoms with Crippen LogP contribution in [0.15, 0.2) is 42.7 Å². The maximum atomic E-state index is 13.6. The molecule has 10 nitrogen and oxygen atoms in total. The second-order valence-corrected chi connectivity index (χ2v) is 9.51. The summed E-state index contributed by atoms with van der Waals surface area (Å²) >= 11 is 0. The molecule has 1 heterocycles. The SMILES string of the molecule is C=C(OC(C)C)[C@H](C)N[P@](=O)(Oc1ccccc1)Oc1nc(O)nc(OC(C)(C)C)n1. The number of rotatable bonds is 10. The van der Waals surface area contributed by atoms with Gasteiger partial charge in [0.15, 0.2) is 0 Å². The van der Waals surface area contributed by atoms with E-state index >= 15 is 0 Å². The maximum Gasteiger partial charge on any atom is 0.515 e. The lowest BCUT2D eigenvalue weighted by Crippen LogP contribution is -2.31. The van der Waals surface area contributed by atoms with Gasteiger partial charge < -0.3 is 23.6 Å². The summed E-state index contributed by atoms with van der Waals surface area (Å²) in [6.07, 6.45) is -0.121. The molecule has 0 aliphatic rings. The monoisotopic (exact) mass is 452 g/mol. The molecule has 0 bridgehead atoms. The Bertz CT molecular complexity index is 933. The second kappa shape index (κ2) is 9.98. The van der Waals surface area contributed by atoms with Crippen LogP contribution in [0, 0.1) is 0 Å². The highest BCUT2D eigenvalue weighted by Crippen LogP contribution is 2.45. The number of ether oxygens (including phenoxy) is 2. The molecule has 2 aromatic rings. The maximum absolute atomic E-state index is 13.6. The predicted molar refractivity (Wildman–Crippen MR) is 115 cm³/mol. The van der Waals surface area contributed by atoms with Gasteiger partial charge in [-0.25, -0.2) is 4.57 Å². The fourth-order valence-corrected chi connectivity index (χ4v) is 3.66. The molecule has 0 aliphatic heterocycles. The first-order chi connectivity index (χ1) is 14.3. The minimum absolute atomic E-state index is 0.121. The summed E-state index contributed by atoms with van der Waals surface area (Å²) in [4.78, 5) is 11.4. The Hall–Kier alpha value is -2.84. The zero-order chi connectivity index (χ0) is 23.2. The van der Waals surface area contributed by atoms with Gasteiger partial charge in [-0.15, -0.1) is 15.0 Å². The van der Waals surface area contributed by atoms with Gasteiger partial charge in [-0.3, -0.25) is 0 Å². The third kappa shape index (κ3) is 8.43. The number of benzene rings is 1. The van der Waals surface area contributed by atoms with E-state index in [1.165, 1.54) is 0 Å². The molecule has 2 atom stereocenters. The van der Waals surface area contributed by atoms with E-state index in [9.17, 15) is 9.67 Å². The Morgan fingerprint density at radius 2 is 1.68 bits per heavy atom. The van der Waals surface area contributed by atoms with E-state index in [1.54, 1.807) is 58.0 Å². The number of aromatic hydroxyl groups is 1. The van der Waals surface area contributed by atoms with Crippen molar-refractivity contribution in [2.75, 3.05) is 0 Å². The number of hydrogen-bond acceptors (Lipinski definition) is 9. The average molecular weight is 452 g/mol.